The highest BCUT2D eigenvalue weighted by atomic mass is 16.5. The van der Waals surface area contributed by atoms with Crippen molar-refractivity contribution in [3.05, 3.63) is 24.0 Å². The number of nitrogens with one attached hydrogen (secondary N) is 1. The van der Waals surface area contributed by atoms with Crippen molar-refractivity contribution < 1.29 is 9.53 Å². The van der Waals surface area contributed by atoms with Crippen molar-refractivity contribution in [2.45, 2.75) is 31.8 Å². The SMILES string of the molecule is CNC(=O)[C@@H]1CCCCN1Cc1cc(OC)ccn1. The van der Waals surface area contributed by atoms with Gasteiger partial charge < -0.3 is 10.1 Å². The van der Waals surface area contributed by atoms with Gasteiger partial charge in [-0.2, -0.15) is 0 Å². The van der Waals surface area contributed by atoms with Crippen molar-refractivity contribution in [1.29, 1.82) is 0 Å². The van der Waals surface area contributed by atoms with Gasteiger partial charge in [0.1, 0.15) is 5.75 Å². The van der Waals surface area contributed by atoms with Crippen molar-refractivity contribution in [2.24, 2.45) is 0 Å². The first-order valence-corrected chi connectivity index (χ1v) is 6.69. The summed E-state index contributed by atoms with van der Waals surface area (Å²) < 4.78 is 5.20. The number of amides is 1. The standard InChI is InChI=1S/C14H21N3O2/c1-15-14(18)13-5-3-4-8-17(13)10-11-9-12(19-2)6-7-16-11/h6-7,9,13H,3-5,8,10H2,1-2H3,(H,15,18)/t13-/m0/s1. The summed E-state index contributed by atoms with van der Waals surface area (Å²) in [4.78, 5) is 18.4. The van der Waals surface area contributed by atoms with E-state index in [1.54, 1.807) is 20.4 Å². The van der Waals surface area contributed by atoms with E-state index in [2.05, 4.69) is 15.2 Å². The third kappa shape index (κ3) is 3.44. The molecule has 1 fully saturated rings. The van der Waals surface area contributed by atoms with Crippen LogP contribution in [0.1, 0.15) is 25.0 Å². The number of ether oxygens (including phenoxy) is 1. The zero-order valence-electron chi connectivity index (χ0n) is 11.6. The summed E-state index contributed by atoms with van der Waals surface area (Å²) in [5, 5.41) is 2.75. The summed E-state index contributed by atoms with van der Waals surface area (Å²) in [5.41, 5.74) is 0.940. The van der Waals surface area contributed by atoms with Crippen molar-refractivity contribution >= 4 is 5.91 Å². The van der Waals surface area contributed by atoms with Gasteiger partial charge in [0.05, 0.1) is 18.8 Å². The Bertz CT molecular complexity index is 436. The summed E-state index contributed by atoms with van der Waals surface area (Å²) in [5.74, 6) is 0.904. The van der Waals surface area contributed by atoms with Gasteiger partial charge in [0, 0.05) is 25.9 Å². The topological polar surface area (TPSA) is 54.5 Å². The van der Waals surface area contributed by atoms with Gasteiger partial charge in [-0.15, -0.1) is 0 Å². The summed E-state index contributed by atoms with van der Waals surface area (Å²) in [6, 6.07) is 3.72. The molecule has 1 amide bonds. The highest BCUT2D eigenvalue weighted by Crippen LogP contribution is 2.20. The Labute approximate surface area is 114 Å². The highest BCUT2D eigenvalue weighted by molar-refractivity contribution is 5.81. The number of nitrogens with zero attached hydrogens (tertiary/aromatic N) is 2. The lowest BCUT2D eigenvalue weighted by Crippen LogP contribution is -2.48. The van der Waals surface area contributed by atoms with E-state index in [9.17, 15) is 4.79 Å². The Morgan fingerprint density at radius 2 is 2.42 bits per heavy atom. The van der Waals surface area contributed by atoms with Crippen molar-refractivity contribution in [3.8, 4) is 5.75 Å². The zero-order valence-corrected chi connectivity index (χ0v) is 11.6. The maximum absolute atomic E-state index is 11.9. The van der Waals surface area contributed by atoms with Gasteiger partial charge in [0.2, 0.25) is 5.91 Å². The van der Waals surface area contributed by atoms with Crippen LogP contribution in [-0.4, -0.2) is 42.5 Å². The molecule has 0 saturated carbocycles. The molecule has 1 aromatic rings. The minimum Gasteiger partial charge on any atom is -0.497 e. The van der Waals surface area contributed by atoms with Crippen LogP contribution in [0.3, 0.4) is 0 Å². The highest BCUT2D eigenvalue weighted by Gasteiger charge is 2.28. The Kier molecular flexibility index (Phi) is 4.74. The molecule has 2 heterocycles. The van der Waals surface area contributed by atoms with Crippen LogP contribution >= 0.6 is 0 Å². The number of carbonyl (C=O) groups excluding carboxylic acids is 1. The van der Waals surface area contributed by atoms with Crippen LogP contribution in [0.15, 0.2) is 18.3 Å². The Morgan fingerprint density at radius 1 is 1.58 bits per heavy atom. The molecule has 0 aliphatic carbocycles. The number of hydrogen-bond acceptors (Lipinski definition) is 4. The third-order valence-electron chi connectivity index (χ3n) is 3.55. The molecule has 1 saturated heterocycles. The molecule has 1 aliphatic heterocycles. The van der Waals surface area contributed by atoms with Crippen LogP contribution in [0, 0.1) is 0 Å². The molecular formula is C14H21N3O2. The monoisotopic (exact) mass is 263 g/mol. The average molecular weight is 263 g/mol. The second-order valence-corrected chi connectivity index (χ2v) is 4.78. The average Bonchev–Trinajstić information content (AvgIpc) is 2.47. The first kappa shape index (κ1) is 13.8. The van der Waals surface area contributed by atoms with Gasteiger partial charge in [-0.05, 0) is 25.5 Å². The summed E-state index contributed by atoms with van der Waals surface area (Å²) in [7, 11) is 3.34. The number of piperidine rings is 1. The molecule has 1 aromatic heterocycles. The number of carbonyl (C=O) groups is 1. The van der Waals surface area contributed by atoms with E-state index in [0.717, 1.165) is 37.3 Å². The normalized spacial score (nSPS) is 20.0. The summed E-state index contributed by atoms with van der Waals surface area (Å²) in [6.07, 6.45) is 4.91. The first-order chi connectivity index (χ1) is 9.24. The van der Waals surface area contributed by atoms with E-state index in [0.29, 0.717) is 6.54 Å². The van der Waals surface area contributed by atoms with Crippen molar-refractivity contribution in [3.63, 3.8) is 0 Å². The van der Waals surface area contributed by atoms with Crippen LogP contribution in [0.4, 0.5) is 0 Å². The summed E-state index contributed by atoms with van der Waals surface area (Å²) >= 11 is 0. The maximum Gasteiger partial charge on any atom is 0.237 e. The van der Waals surface area contributed by atoms with Crippen LogP contribution < -0.4 is 10.1 Å². The van der Waals surface area contributed by atoms with E-state index >= 15 is 0 Å². The van der Waals surface area contributed by atoms with E-state index in [4.69, 9.17) is 4.74 Å². The second-order valence-electron chi connectivity index (χ2n) is 4.78. The van der Waals surface area contributed by atoms with E-state index in [1.807, 2.05) is 12.1 Å². The number of pyridine rings is 1. The minimum absolute atomic E-state index is 0.0354. The number of rotatable bonds is 4. The molecule has 1 aliphatic rings. The molecule has 0 spiro atoms. The van der Waals surface area contributed by atoms with Gasteiger partial charge >= 0.3 is 0 Å². The molecule has 5 nitrogen and oxygen atoms in total. The number of likely N-dealkylation sites (N-methyl/N-ethyl adjacent to an activating group) is 1. The largest absolute Gasteiger partial charge is 0.497 e. The van der Waals surface area contributed by atoms with E-state index in [1.165, 1.54) is 0 Å². The quantitative estimate of drug-likeness (QED) is 0.886. The lowest BCUT2D eigenvalue weighted by Gasteiger charge is -2.34. The Hall–Kier alpha value is -1.62. The lowest BCUT2D eigenvalue weighted by molar-refractivity contribution is -0.127. The van der Waals surface area contributed by atoms with Gasteiger partial charge in [-0.25, -0.2) is 0 Å². The molecule has 0 unspecified atom stereocenters. The molecule has 2 rings (SSSR count). The zero-order chi connectivity index (χ0) is 13.7. The van der Waals surface area contributed by atoms with Crippen LogP contribution in [0.25, 0.3) is 0 Å². The predicted octanol–water partition coefficient (Wildman–Crippen LogP) is 1.19. The lowest BCUT2D eigenvalue weighted by atomic mass is 10.0. The van der Waals surface area contributed by atoms with E-state index in [-0.39, 0.29) is 11.9 Å². The minimum atomic E-state index is -0.0354. The molecule has 1 N–H and O–H groups in total. The van der Waals surface area contributed by atoms with E-state index < -0.39 is 0 Å². The second kappa shape index (κ2) is 6.52. The fourth-order valence-corrected chi connectivity index (χ4v) is 2.52. The Morgan fingerprint density at radius 3 is 3.16 bits per heavy atom. The molecule has 0 bridgehead atoms. The van der Waals surface area contributed by atoms with Crippen molar-refractivity contribution in [2.75, 3.05) is 20.7 Å². The van der Waals surface area contributed by atoms with Gasteiger partial charge in [-0.1, -0.05) is 6.42 Å². The number of aromatic nitrogens is 1. The molecule has 104 valence electrons. The van der Waals surface area contributed by atoms with Gasteiger partial charge in [-0.3, -0.25) is 14.7 Å². The van der Waals surface area contributed by atoms with Crippen LogP contribution in [0.2, 0.25) is 0 Å². The molecule has 1 atom stereocenters. The van der Waals surface area contributed by atoms with Gasteiger partial charge in [0.15, 0.2) is 0 Å². The fourth-order valence-electron chi connectivity index (χ4n) is 2.52. The molecule has 0 aromatic carbocycles. The van der Waals surface area contributed by atoms with Crippen LogP contribution in [-0.2, 0) is 11.3 Å². The molecule has 19 heavy (non-hydrogen) atoms. The summed E-state index contributed by atoms with van der Waals surface area (Å²) in [6.45, 7) is 1.63. The van der Waals surface area contributed by atoms with Gasteiger partial charge in [0.25, 0.3) is 0 Å². The fraction of sp³-hybridized carbons (Fsp3) is 0.571. The first-order valence-electron chi connectivity index (χ1n) is 6.69. The number of methoxy groups -OCH3 is 1. The number of likely N-dealkylation sites (tertiary alicyclic amines) is 1. The Balaban J connectivity index is 2.08. The molecular weight excluding hydrogens is 242 g/mol. The predicted molar refractivity (Wildman–Crippen MR) is 72.9 cm³/mol. The molecule has 5 heteroatoms. The van der Waals surface area contributed by atoms with Crippen molar-refractivity contribution in [1.82, 2.24) is 15.2 Å². The molecule has 0 radical (unpaired) electrons. The smallest absolute Gasteiger partial charge is 0.237 e. The maximum atomic E-state index is 11.9. The third-order valence-corrected chi connectivity index (χ3v) is 3.55. The van der Waals surface area contributed by atoms with Crippen LogP contribution in [0.5, 0.6) is 5.75 Å². The number of hydrogen-bond donors (Lipinski definition) is 1.